The normalized spacial score (nSPS) is 10.6. The number of aromatic amines is 1. The molecule has 21 heavy (non-hydrogen) atoms. The molecule has 2 aromatic rings. The van der Waals surface area contributed by atoms with Crippen molar-refractivity contribution in [1.82, 2.24) is 15.6 Å². The standard InChI is InChI=1S/C15H20N4O2/c1-9-10(2)19-13-4-3-11(5-12(9)13)7-17-15(21)8-18-14(20)6-16/h3-5,19H,6-8,16H2,1-2H3,(H,17,21)(H,18,20). The summed E-state index contributed by atoms with van der Waals surface area (Å²) in [6.45, 7) is 4.36. The minimum absolute atomic E-state index is 0.0550. The molecule has 0 aliphatic carbocycles. The van der Waals surface area contributed by atoms with E-state index in [9.17, 15) is 9.59 Å². The molecule has 0 fully saturated rings. The van der Waals surface area contributed by atoms with Gasteiger partial charge in [-0.3, -0.25) is 9.59 Å². The molecule has 0 radical (unpaired) electrons. The molecule has 0 aliphatic heterocycles. The van der Waals surface area contributed by atoms with Gasteiger partial charge in [-0.1, -0.05) is 6.07 Å². The van der Waals surface area contributed by atoms with Crippen LogP contribution in [0.3, 0.4) is 0 Å². The van der Waals surface area contributed by atoms with E-state index in [1.165, 1.54) is 5.56 Å². The minimum Gasteiger partial charge on any atom is -0.358 e. The van der Waals surface area contributed by atoms with Crippen LogP contribution in [0.4, 0.5) is 0 Å². The van der Waals surface area contributed by atoms with Crippen molar-refractivity contribution in [2.45, 2.75) is 20.4 Å². The van der Waals surface area contributed by atoms with Gasteiger partial charge in [0.1, 0.15) is 0 Å². The zero-order chi connectivity index (χ0) is 15.4. The molecule has 0 unspecified atom stereocenters. The van der Waals surface area contributed by atoms with Crippen LogP contribution >= 0.6 is 0 Å². The summed E-state index contributed by atoms with van der Waals surface area (Å²) >= 11 is 0. The number of carbonyl (C=O) groups excluding carboxylic acids is 2. The lowest BCUT2D eigenvalue weighted by Crippen LogP contribution is -2.39. The van der Waals surface area contributed by atoms with Crippen molar-refractivity contribution in [2.75, 3.05) is 13.1 Å². The smallest absolute Gasteiger partial charge is 0.239 e. The van der Waals surface area contributed by atoms with Gasteiger partial charge in [0.05, 0.1) is 13.1 Å². The fraction of sp³-hybridized carbons (Fsp3) is 0.333. The highest BCUT2D eigenvalue weighted by atomic mass is 16.2. The molecular formula is C15H20N4O2. The van der Waals surface area contributed by atoms with Crippen LogP contribution in [-0.2, 0) is 16.1 Å². The maximum absolute atomic E-state index is 11.6. The molecule has 0 aliphatic rings. The van der Waals surface area contributed by atoms with E-state index in [-0.39, 0.29) is 24.9 Å². The van der Waals surface area contributed by atoms with Crippen molar-refractivity contribution in [3.05, 3.63) is 35.0 Å². The number of aromatic nitrogens is 1. The van der Waals surface area contributed by atoms with Crippen molar-refractivity contribution in [2.24, 2.45) is 5.73 Å². The van der Waals surface area contributed by atoms with Crippen molar-refractivity contribution in [3.63, 3.8) is 0 Å². The lowest BCUT2D eigenvalue weighted by molar-refractivity contribution is -0.125. The van der Waals surface area contributed by atoms with Crippen LogP contribution in [0.2, 0.25) is 0 Å². The maximum Gasteiger partial charge on any atom is 0.239 e. The second kappa shape index (κ2) is 6.41. The van der Waals surface area contributed by atoms with Crippen molar-refractivity contribution in [1.29, 1.82) is 0 Å². The summed E-state index contributed by atoms with van der Waals surface area (Å²) in [5.74, 6) is -0.580. The summed E-state index contributed by atoms with van der Waals surface area (Å²) in [6.07, 6.45) is 0. The average Bonchev–Trinajstić information content (AvgIpc) is 2.77. The maximum atomic E-state index is 11.6. The first-order valence-corrected chi connectivity index (χ1v) is 6.82. The summed E-state index contributed by atoms with van der Waals surface area (Å²) in [6, 6.07) is 6.04. The van der Waals surface area contributed by atoms with E-state index in [4.69, 9.17) is 5.73 Å². The number of H-pyrrole nitrogens is 1. The Morgan fingerprint density at radius 1 is 1.19 bits per heavy atom. The van der Waals surface area contributed by atoms with E-state index >= 15 is 0 Å². The number of aryl methyl sites for hydroxylation is 2. The zero-order valence-electron chi connectivity index (χ0n) is 12.2. The topological polar surface area (TPSA) is 100 Å². The van der Waals surface area contributed by atoms with Gasteiger partial charge in [-0.25, -0.2) is 0 Å². The van der Waals surface area contributed by atoms with Crippen LogP contribution < -0.4 is 16.4 Å². The Labute approximate surface area is 123 Å². The van der Waals surface area contributed by atoms with Gasteiger partial charge in [0.25, 0.3) is 0 Å². The summed E-state index contributed by atoms with van der Waals surface area (Å²) in [4.78, 5) is 25.9. The molecule has 0 saturated carbocycles. The molecule has 6 nitrogen and oxygen atoms in total. The van der Waals surface area contributed by atoms with Crippen LogP contribution in [0.5, 0.6) is 0 Å². The van der Waals surface area contributed by atoms with Gasteiger partial charge in [0, 0.05) is 23.1 Å². The molecule has 2 amide bonds. The molecule has 1 heterocycles. The zero-order valence-corrected chi connectivity index (χ0v) is 12.2. The Morgan fingerprint density at radius 2 is 1.95 bits per heavy atom. The fourth-order valence-electron chi connectivity index (χ4n) is 2.13. The summed E-state index contributed by atoms with van der Waals surface area (Å²) in [5.41, 5.74) is 9.62. The van der Waals surface area contributed by atoms with Gasteiger partial charge in [0.2, 0.25) is 11.8 Å². The fourth-order valence-corrected chi connectivity index (χ4v) is 2.13. The van der Waals surface area contributed by atoms with Gasteiger partial charge in [-0.15, -0.1) is 0 Å². The summed E-state index contributed by atoms with van der Waals surface area (Å²) in [5, 5.41) is 6.36. The molecule has 0 spiro atoms. The number of fused-ring (bicyclic) bond motifs is 1. The van der Waals surface area contributed by atoms with Gasteiger partial charge >= 0.3 is 0 Å². The van der Waals surface area contributed by atoms with Crippen molar-refractivity contribution < 1.29 is 9.59 Å². The molecule has 1 aromatic heterocycles. The van der Waals surface area contributed by atoms with Crippen LogP contribution in [0, 0.1) is 13.8 Å². The summed E-state index contributed by atoms with van der Waals surface area (Å²) in [7, 11) is 0. The van der Waals surface area contributed by atoms with E-state index in [0.717, 1.165) is 22.2 Å². The van der Waals surface area contributed by atoms with E-state index in [1.807, 2.05) is 19.1 Å². The number of hydrogen-bond acceptors (Lipinski definition) is 3. The Morgan fingerprint density at radius 3 is 2.67 bits per heavy atom. The van der Waals surface area contributed by atoms with E-state index in [1.54, 1.807) is 0 Å². The van der Waals surface area contributed by atoms with Crippen molar-refractivity contribution in [3.8, 4) is 0 Å². The molecule has 5 N–H and O–H groups in total. The lowest BCUT2D eigenvalue weighted by Gasteiger charge is -2.07. The van der Waals surface area contributed by atoms with E-state index in [0.29, 0.717) is 6.54 Å². The third kappa shape index (κ3) is 3.61. The first-order chi connectivity index (χ1) is 10.0. The van der Waals surface area contributed by atoms with Crippen molar-refractivity contribution >= 4 is 22.7 Å². The quantitative estimate of drug-likeness (QED) is 0.643. The molecule has 1 aromatic carbocycles. The largest absolute Gasteiger partial charge is 0.358 e. The third-order valence-electron chi connectivity index (χ3n) is 3.49. The molecule has 0 saturated heterocycles. The highest BCUT2D eigenvalue weighted by molar-refractivity contribution is 5.86. The first-order valence-electron chi connectivity index (χ1n) is 6.82. The number of amides is 2. The predicted octanol–water partition coefficient (Wildman–Crippen LogP) is 0.476. The van der Waals surface area contributed by atoms with Gasteiger partial charge in [0.15, 0.2) is 0 Å². The van der Waals surface area contributed by atoms with E-state index < -0.39 is 0 Å². The Hall–Kier alpha value is -2.34. The molecular weight excluding hydrogens is 268 g/mol. The molecule has 2 rings (SSSR count). The number of rotatable bonds is 5. The number of benzene rings is 1. The Balaban J connectivity index is 1.95. The van der Waals surface area contributed by atoms with Crippen LogP contribution in [-0.4, -0.2) is 29.9 Å². The van der Waals surface area contributed by atoms with Gasteiger partial charge < -0.3 is 21.4 Å². The SMILES string of the molecule is Cc1[nH]c2ccc(CNC(=O)CNC(=O)CN)cc2c1C. The number of nitrogens with two attached hydrogens (primary N) is 1. The lowest BCUT2D eigenvalue weighted by atomic mass is 10.1. The second-order valence-corrected chi connectivity index (χ2v) is 5.01. The number of nitrogens with one attached hydrogen (secondary N) is 3. The van der Waals surface area contributed by atoms with Crippen LogP contribution in [0.1, 0.15) is 16.8 Å². The monoisotopic (exact) mass is 288 g/mol. The Kier molecular flexibility index (Phi) is 4.59. The third-order valence-corrected chi connectivity index (χ3v) is 3.49. The van der Waals surface area contributed by atoms with Crippen LogP contribution in [0.15, 0.2) is 18.2 Å². The number of carbonyl (C=O) groups is 2. The molecule has 112 valence electrons. The summed E-state index contributed by atoms with van der Waals surface area (Å²) < 4.78 is 0. The predicted molar refractivity (Wildman–Crippen MR) is 81.7 cm³/mol. The molecule has 0 atom stereocenters. The first kappa shape index (κ1) is 15.1. The van der Waals surface area contributed by atoms with Crippen LogP contribution in [0.25, 0.3) is 10.9 Å². The second-order valence-electron chi connectivity index (χ2n) is 5.01. The highest BCUT2D eigenvalue weighted by Crippen LogP contribution is 2.22. The number of hydrogen-bond donors (Lipinski definition) is 4. The van der Waals surface area contributed by atoms with Gasteiger partial charge in [-0.05, 0) is 37.1 Å². The Bertz CT molecular complexity index is 676. The van der Waals surface area contributed by atoms with Gasteiger partial charge in [-0.2, -0.15) is 0 Å². The average molecular weight is 288 g/mol. The minimum atomic E-state index is -0.343. The molecule has 6 heteroatoms. The molecule has 0 bridgehead atoms. The highest BCUT2D eigenvalue weighted by Gasteiger charge is 2.07. The van der Waals surface area contributed by atoms with E-state index in [2.05, 4.69) is 28.6 Å².